The van der Waals surface area contributed by atoms with Crippen LogP contribution >= 0.6 is 0 Å². The second-order valence-electron chi connectivity index (χ2n) is 10.8. The zero-order valence-electron chi connectivity index (χ0n) is 22.7. The molecule has 0 aromatic heterocycles. The Labute approximate surface area is 216 Å². The molecule has 0 amide bonds. The van der Waals surface area contributed by atoms with E-state index < -0.39 is 0 Å². The molecule has 0 bridgehead atoms. The maximum absolute atomic E-state index is 9.78. The molecule has 2 atom stereocenters. The van der Waals surface area contributed by atoms with Crippen LogP contribution in [0.2, 0.25) is 0 Å². The quantitative estimate of drug-likeness (QED) is 0.164. The Hall–Kier alpha value is -1.38. The molecule has 0 fully saturated rings. The average molecular weight is 483 g/mol. The van der Waals surface area contributed by atoms with Gasteiger partial charge in [0.15, 0.2) is 0 Å². The zero-order chi connectivity index (χ0) is 25.0. The van der Waals surface area contributed by atoms with Crippen LogP contribution in [0.5, 0.6) is 0 Å². The van der Waals surface area contributed by atoms with Gasteiger partial charge in [-0.05, 0) is 47.4 Å². The highest BCUT2D eigenvalue weighted by Crippen LogP contribution is 2.31. The molecule has 2 nitrogen and oxygen atoms in total. The van der Waals surface area contributed by atoms with Gasteiger partial charge in [-0.2, -0.15) is 0 Å². The molecule has 2 aromatic carbocycles. The van der Waals surface area contributed by atoms with E-state index in [-0.39, 0.29) is 13.2 Å². The van der Waals surface area contributed by atoms with Gasteiger partial charge in [-0.25, -0.2) is 0 Å². The molecule has 0 heterocycles. The van der Waals surface area contributed by atoms with Crippen LogP contribution < -0.4 is 0 Å². The summed E-state index contributed by atoms with van der Waals surface area (Å²) in [7, 11) is 0. The topological polar surface area (TPSA) is 40.5 Å². The summed E-state index contributed by atoms with van der Waals surface area (Å²) in [6.45, 7) is 2.77. The van der Waals surface area contributed by atoms with E-state index in [1.807, 2.05) is 0 Å². The summed E-state index contributed by atoms with van der Waals surface area (Å²) >= 11 is 0. The first kappa shape index (κ1) is 29.8. The van der Waals surface area contributed by atoms with Crippen molar-refractivity contribution in [1.29, 1.82) is 0 Å². The van der Waals surface area contributed by atoms with E-state index >= 15 is 0 Å². The molecule has 2 aromatic rings. The molecule has 35 heavy (non-hydrogen) atoms. The normalized spacial score (nSPS) is 13.3. The van der Waals surface area contributed by atoms with Gasteiger partial charge in [0.1, 0.15) is 0 Å². The standard InChI is InChI=1S/C33H54O2/c1-2-3-4-5-6-7-8-9-10-11-12-13-14-15-19-29(24-26-34)31(25-27-35)28-32-22-18-21-30-20-16-17-23-33(30)32/h16-18,20-23,29,31,34-35H,2-15,19,24-28H2,1H3. The van der Waals surface area contributed by atoms with E-state index in [1.54, 1.807) is 0 Å². The van der Waals surface area contributed by atoms with Crippen LogP contribution in [0.4, 0.5) is 0 Å². The largest absolute Gasteiger partial charge is 0.396 e. The third-order valence-electron chi connectivity index (χ3n) is 7.96. The number of aliphatic hydroxyl groups is 2. The van der Waals surface area contributed by atoms with E-state index in [1.165, 1.54) is 113 Å². The first-order chi connectivity index (χ1) is 17.3. The molecule has 198 valence electrons. The number of hydrogen-bond donors (Lipinski definition) is 2. The minimum Gasteiger partial charge on any atom is -0.396 e. The van der Waals surface area contributed by atoms with Gasteiger partial charge in [-0.1, -0.05) is 146 Å². The van der Waals surface area contributed by atoms with Crippen molar-refractivity contribution in [1.82, 2.24) is 0 Å². The van der Waals surface area contributed by atoms with Crippen molar-refractivity contribution in [2.75, 3.05) is 13.2 Å². The molecule has 0 spiro atoms. The van der Waals surface area contributed by atoms with Crippen LogP contribution in [0.1, 0.15) is 122 Å². The van der Waals surface area contributed by atoms with Crippen LogP contribution in [-0.4, -0.2) is 23.4 Å². The highest BCUT2D eigenvalue weighted by molar-refractivity contribution is 5.85. The SMILES string of the molecule is CCCCCCCCCCCCCCCCC(CCO)C(CCO)Cc1cccc2ccccc12. The van der Waals surface area contributed by atoms with Crippen molar-refractivity contribution in [3.8, 4) is 0 Å². The van der Waals surface area contributed by atoms with Crippen molar-refractivity contribution in [3.63, 3.8) is 0 Å². The fourth-order valence-electron chi connectivity index (χ4n) is 5.81. The molecule has 2 unspecified atom stereocenters. The summed E-state index contributed by atoms with van der Waals surface area (Å²) in [5.74, 6) is 0.920. The maximum Gasteiger partial charge on any atom is 0.0433 e. The van der Waals surface area contributed by atoms with Crippen molar-refractivity contribution >= 4 is 10.8 Å². The van der Waals surface area contributed by atoms with Gasteiger partial charge >= 0.3 is 0 Å². The predicted molar refractivity (Wildman–Crippen MR) is 153 cm³/mol. The number of hydrogen-bond acceptors (Lipinski definition) is 2. The van der Waals surface area contributed by atoms with Gasteiger partial charge in [0.25, 0.3) is 0 Å². The van der Waals surface area contributed by atoms with E-state index in [4.69, 9.17) is 0 Å². The molecule has 0 aliphatic carbocycles. The van der Waals surface area contributed by atoms with E-state index in [2.05, 4.69) is 49.4 Å². The lowest BCUT2D eigenvalue weighted by molar-refractivity contribution is 0.172. The second kappa shape index (κ2) is 19.8. The number of fused-ring (bicyclic) bond motifs is 1. The molecule has 0 saturated heterocycles. The van der Waals surface area contributed by atoms with Gasteiger partial charge in [0, 0.05) is 13.2 Å². The Morgan fingerprint density at radius 3 is 1.66 bits per heavy atom. The first-order valence-electron chi connectivity index (χ1n) is 15.0. The van der Waals surface area contributed by atoms with Crippen molar-refractivity contribution in [2.45, 2.75) is 122 Å². The predicted octanol–water partition coefficient (Wildman–Crippen LogP) is 9.25. The highest BCUT2D eigenvalue weighted by Gasteiger charge is 2.21. The van der Waals surface area contributed by atoms with Crippen molar-refractivity contribution in [3.05, 3.63) is 48.0 Å². The Balaban J connectivity index is 1.66. The van der Waals surface area contributed by atoms with Gasteiger partial charge in [0.2, 0.25) is 0 Å². The van der Waals surface area contributed by atoms with Gasteiger partial charge in [-0.3, -0.25) is 0 Å². The molecule has 0 radical (unpaired) electrons. The monoisotopic (exact) mass is 482 g/mol. The highest BCUT2D eigenvalue weighted by atomic mass is 16.3. The molecule has 2 N–H and O–H groups in total. The molecule has 2 heteroatoms. The lowest BCUT2D eigenvalue weighted by Gasteiger charge is -2.27. The number of aliphatic hydroxyl groups excluding tert-OH is 2. The number of unbranched alkanes of at least 4 members (excludes halogenated alkanes) is 13. The Bertz CT molecular complexity index is 750. The summed E-state index contributed by atoms with van der Waals surface area (Å²) < 4.78 is 0. The maximum atomic E-state index is 9.78. The minimum absolute atomic E-state index is 0.232. The molecule has 0 aliphatic rings. The van der Waals surface area contributed by atoms with Crippen LogP contribution in [0.15, 0.2) is 42.5 Å². The molecule has 2 rings (SSSR count). The second-order valence-corrected chi connectivity index (χ2v) is 10.8. The minimum atomic E-state index is 0.232. The third-order valence-corrected chi connectivity index (χ3v) is 7.96. The molecular weight excluding hydrogens is 428 g/mol. The van der Waals surface area contributed by atoms with Crippen molar-refractivity contribution < 1.29 is 10.2 Å². The van der Waals surface area contributed by atoms with Crippen molar-refractivity contribution in [2.24, 2.45) is 11.8 Å². The van der Waals surface area contributed by atoms with Crippen LogP contribution in [0.3, 0.4) is 0 Å². The van der Waals surface area contributed by atoms with Crippen LogP contribution in [0, 0.1) is 11.8 Å². The molecule has 0 saturated carbocycles. The summed E-state index contributed by atoms with van der Waals surface area (Å²) in [6, 6.07) is 15.2. The van der Waals surface area contributed by atoms with Gasteiger partial charge in [-0.15, -0.1) is 0 Å². The fraction of sp³-hybridized carbons (Fsp3) is 0.697. The van der Waals surface area contributed by atoms with E-state index in [9.17, 15) is 10.2 Å². The number of rotatable bonds is 22. The first-order valence-corrected chi connectivity index (χ1v) is 15.0. The average Bonchev–Trinajstić information content (AvgIpc) is 2.88. The molecular formula is C33H54O2. The lowest BCUT2D eigenvalue weighted by atomic mass is 9.79. The zero-order valence-corrected chi connectivity index (χ0v) is 22.7. The summed E-state index contributed by atoms with van der Waals surface area (Å²) in [5.41, 5.74) is 1.38. The van der Waals surface area contributed by atoms with E-state index in [0.717, 1.165) is 19.3 Å². The van der Waals surface area contributed by atoms with Crippen LogP contribution in [-0.2, 0) is 6.42 Å². The number of benzene rings is 2. The van der Waals surface area contributed by atoms with Gasteiger partial charge in [0.05, 0.1) is 0 Å². The third kappa shape index (κ3) is 12.4. The van der Waals surface area contributed by atoms with Crippen LogP contribution in [0.25, 0.3) is 10.8 Å². The summed E-state index contributed by atoms with van der Waals surface area (Å²) in [6.07, 6.45) is 23.3. The van der Waals surface area contributed by atoms with E-state index in [0.29, 0.717) is 11.8 Å². The molecule has 0 aliphatic heterocycles. The fourth-order valence-corrected chi connectivity index (χ4v) is 5.81. The summed E-state index contributed by atoms with van der Waals surface area (Å²) in [5, 5.41) is 22.1. The Kier molecular flexibility index (Phi) is 16.9. The Morgan fingerprint density at radius 1 is 0.543 bits per heavy atom. The van der Waals surface area contributed by atoms with Gasteiger partial charge < -0.3 is 10.2 Å². The Morgan fingerprint density at radius 2 is 1.06 bits per heavy atom. The lowest BCUT2D eigenvalue weighted by Crippen LogP contribution is -2.20. The summed E-state index contributed by atoms with van der Waals surface area (Å²) in [4.78, 5) is 0. The smallest absolute Gasteiger partial charge is 0.0433 e.